The number of amides is 1. The summed E-state index contributed by atoms with van der Waals surface area (Å²) in [4.78, 5) is 11.6. The minimum atomic E-state index is -3.95. The first kappa shape index (κ1) is 16.4. The van der Waals surface area contributed by atoms with E-state index in [1.165, 1.54) is 12.1 Å². The number of nitrogens with one attached hydrogen (secondary N) is 1. The smallest absolute Gasteiger partial charge is 0.251 e. The number of benzene rings is 1. The maximum absolute atomic E-state index is 11.8. The van der Waals surface area contributed by atoms with Gasteiger partial charge in [0, 0.05) is 12.1 Å². The number of halogens is 2. The second-order valence-corrected chi connectivity index (χ2v) is 6.65. The van der Waals surface area contributed by atoms with Gasteiger partial charge in [-0.15, -0.1) is 0 Å². The maximum Gasteiger partial charge on any atom is 0.251 e. The average Bonchev–Trinajstić information content (AvgIpc) is 2.31. The molecule has 1 aromatic carbocycles. The van der Waals surface area contributed by atoms with Crippen LogP contribution in [0.15, 0.2) is 21.5 Å². The molecule has 0 heterocycles. The van der Waals surface area contributed by atoms with Gasteiger partial charge in [-0.25, -0.2) is 13.6 Å². The molecule has 3 N–H and O–H groups in total. The van der Waals surface area contributed by atoms with Gasteiger partial charge in [-0.1, -0.05) is 24.9 Å². The van der Waals surface area contributed by atoms with E-state index in [-0.39, 0.29) is 25.9 Å². The summed E-state index contributed by atoms with van der Waals surface area (Å²) in [5, 5.41) is 7.86. The SMILES string of the molecule is CCCCNC(=O)c1cc(Cl)c(Br)c(S(N)(=O)=O)c1. The Morgan fingerprint density at radius 2 is 2.11 bits per heavy atom. The first-order valence-electron chi connectivity index (χ1n) is 5.57. The molecule has 0 atom stereocenters. The molecule has 0 spiro atoms. The highest BCUT2D eigenvalue weighted by Gasteiger charge is 2.19. The first-order valence-corrected chi connectivity index (χ1v) is 8.29. The summed E-state index contributed by atoms with van der Waals surface area (Å²) in [6.45, 7) is 2.52. The molecule has 0 saturated heterocycles. The van der Waals surface area contributed by atoms with Crippen LogP contribution in [0.1, 0.15) is 30.1 Å². The molecule has 5 nitrogen and oxygen atoms in total. The zero-order valence-corrected chi connectivity index (χ0v) is 13.4. The average molecular weight is 370 g/mol. The van der Waals surface area contributed by atoms with Crippen LogP contribution in [0, 0.1) is 0 Å². The topological polar surface area (TPSA) is 89.3 Å². The van der Waals surface area contributed by atoms with Crippen LogP contribution in [0.2, 0.25) is 5.02 Å². The van der Waals surface area contributed by atoms with Crippen molar-refractivity contribution in [3.8, 4) is 0 Å². The summed E-state index contributed by atoms with van der Waals surface area (Å²) in [7, 11) is -3.95. The summed E-state index contributed by atoms with van der Waals surface area (Å²) in [5.41, 5.74) is 0.160. The van der Waals surface area contributed by atoms with Gasteiger partial charge in [-0.3, -0.25) is 4.79 Å². The van der Waals surface area contributed by atoms with E-state index in [1.54, 1.807) is 0 Å². The molecule has 0 aromatic heterocycles. The number of nitrogens with two attached hydrogens (primary N) is 1. The Labute approximate surface area is 125 Å². The summed E-state index contributed by atoms with van der Waals surface area (Å²) < 4.78 is 23.0. The molecule has 0 fully saturated rings. The largest absolute Gasteiger partial charge is 0.352 e. The molecule has 1 aromatic rings. The zero-order chi connectivity index (χ0) is 14.6. The van der Waals surface area contributed by atoms with Gasteiger partial charge >= 0.3 is 0 Å². The molecule has 0 aliphatic rings. The van der Waals surface area contributed by atoms with Crippen LogP contribution in [0.3, 0.4) is 0 Å². The van der Waals surface area contributed by atoms with Gasteiger partial charge in [0.05, 0.1) is 14.4 Å². The summed E-state index contributed by atoms with van der Waals surface area (Å²) >= 11 is 8.92. The maximum atomic E-state index is 11.8. The van der Waals surface area contributed by atoms with Gasteiger partial charge in [-0.05, 0) is 34.5 Å². The van der Waals surface area contributed by atoms with Crippen LogP contribution >= 0.6 is 27.5 Å². The quantitative estimate of drug-likeness (QED) is 0.780. The molecule has 8 heteroatoms. The number of sulfonamides is 1. The monoisotopic (exact) mass is 368 g/mol. The van der Waals surface area contributed by atoms with E-state index < -0.39 is 10.0 Å². The zero-order valence-electron chi connectivity index (χ0n) is 10.2. The molecule has 0 bridgehead atoms. The normalized spacial score (nSPS) is 11.4. The van der Waals surface area contributed by atoms with E-state index in [0.29, 0.717) is 6.54 Å². The van der Waals surface area contributed by atoms with Crippen LogP contribution in [0.4, 0.5) is 0 Å². The lowest BCUT2D eigenvalue weighted by atomic mass is 10.2. The Balaban J connectivity index is 3.11. The van der Waals surface area contributed by atoms with Crippen molar-refractivity contribution in [2.24, 2.45) is 5.14 Å². The molecule has 0 unspecified atom stereocenters. The van der Waals surface area contributed by atoms with Gasteiger partial charge in [0.1, 0.15) is 0 Å². The highest BCUT2D eigenvalue weighted by atomic mass is 79.9. The molecule has 19 heavy (non-hydrogen) atoms. The minimum absolute atomic E-state index is 0.118. The summed E-state index contributed by atoms with van der Waals surface area (Å²) in [6, 6.07) is 2.59. The number of carbonyl (C=O) groups is 1. The highest BCUT2D eigenvalue weighted by molar-refractivity contribution is 9.10. The predicted octanol–water partition coefficient (Wildman–Crippen LogP) is 2.28. The Morgan fingerprint density at radius 1 is 1.47 bits per heavy atom. The third-order valence-electron chi connectivity index (χ3n) is 2.38. The van der Waals surface area contributed by atoms with Crippen molar-refractivity contribution in [1.82, 2.24) is 5.32 Å². The van der Waals surface area contributed by atoms with E-state index in [1.807, 2.05) is 6.92 Å². The van der Waals surface area contributed by atoms with E-state index in [0.717, 1.165) is 12.8 Å². The second-order valence-electron chi connectivity index (χ2n) is 3.92. The third-order valence-corrected chi connectivity index (χ3v) is 4.96. The van der Waals surface area contributed by atoms with E-state index >= 15 is 0 Å². The van der Waals surface area contributed by atoms with E-state index in [9.17, 15) is 13.2 Å². The number of carbonyl (C=O) groups excluding carboxylic acids is 1. The van der Waals surface area contributed by atoms with Crippen molar-refractivity contribution in [3.05, 3.63) is 27.2 Å². The predicted molar refractivity (Wildman–Crippen MR) is 77.8 cm³/mol. The Bertz CT molecular complexity index is 590. The number of unbranched alkanes of at least 4 members (excludes halogenated alkanes) is 1. The van der Waals surface area contributed by atoms with E-state index in [2.05, 4.69) is 21.2 Å². The first-order chi connectivity index (χ1) is 8.77. The molecular formula is C11H14BrClN2O3S. The van der Waals surface area contributed by atoms with Gasteiger partial charge in [0.25, 0.3) is 5.91 Å². The summed E-state index contributed by atoms with van der Waals surface area (Å²) in [6.07, 6.45) is 1.79. The number of hydrogen-bond acceptors (Lipinski definition) is 3. The molecule has 0 aliphatic heterocycles. The molecule has 106 valence electrons. The Kier molecular flexibility index (Phi) is 5.79. The fourth-order valence-corrected chi connectivity index (χ4v) is 3.21. The van der Waals surface area contributed by atoms with Crippen LogP contribution in [-0.2, 0) is 10.0 Å². The lowest BCUT2D eigenvalue weighted by Crippen LogP contribution is -2.25. The Morgan fingerprint density at radius 3 is 2.63 bits per heavy atom. The van der Waals surface area contributed by atoms with Gasteiger partial charge in [-0.2, -0.15) is 0 Å². The number of primary sulfonamides is 1. The molecule has 1 amide bonds. The standard InChI is InChI=1S/C11H14BrClN2O3S/c1-2-3-4-15-11(16)7-5-8(13)10(12)9(6-7)19(14,17)18/h5-6H,2-4H2,1H3,(H,15,16)(H2,14,17,18). The van der Waals surface area contributed by atoms with Crippen molar-refractivity contribution in [1.29, 1.82) is 0 Å². The van der Waals surface area contributed by atoms with Gasteiger partial charge < -0.3 is 5.32 Å². The molecule has 0 radical (unpaired) electrons. The molecular weight excluding hydrogens is 356 g/mol. The van der Waals surface area contributed by atoms with Crippen molar-refractivity contribution in [2.75, 3.05) is 6.54 Å². The van der Waals surface area contributed by atoms with Crippen LogP contribution in [-0.4, -0.2) is 20.9 Å². The van der Waals surface area contributed by atoms with E-state index in [4.69, 9.17) is 16.7 Å². The summed E-state index contributed by atoms with van der Waals surface area (Å²) in [5.74, 6) is -0.382. The van der Waals surface area contributed by atoms with Crippen molar-refractivity contribution in [2.45, 2.75) is 24.7 Å². The molecule has 1 rings (SSSR count). The minimum Gasteiger partial charge on any atom is -0.352 e. The van der Waals surface area contributed by atoms with Crippen LogP contribution < -0.4 is 10.5 Å². The molecule has 0 saturated carbocycles. The van der Waals surface area contributed by atoms with Crippen LogP contribution in [0.5, 0.6) is 0 Å². The van der Waals surface area contributed by atoms with Gasteiger partial charge in [0.2, 0.25) is 10.0 Å². The lowest BCUT2D eigenvalue weighted by molar-refractivity contribution is 0.0953. The highest BCUT2D eigenvalue weighted by Crippen LogP contribution is 2.30. The second kappa shape index (κ2) is 6.69. The lowest BCUT2D eigenvalue weighted by Gasteiger charge is -2.09. The van der Waals surface area contributed by atoms with Gasteiger partial charge in [0.15, 0.2) is 0 Å². The van der Waals surface area contributed by atoms with Crippen LogP contribution in [0.25, 0.3) is 0 Å². The van der Waals surface area contributed by atoms with Crippen molar-refractivity contribution in [3.63, 3.8) is 0 Å². The Hall–Kier alpha value is -0.630. The third kappa shape index (κ3) is 4.45. The fourth-order valence-electron chi connectivity index (χ4n) is 1.38. The van der Waals surface area contributed by atoms with Crippen molar-refractivity contribution >= 4 is 43.5 Å². The number of hydrogen-bond donors (Lipinski definition) is 2. The number of rotatable bonds is 5. The van der Waals surface area contributed by atoms with Crippen molar-refractivity contribution < 1.29 is 13.2 Å². The fraction of sp³-hybridized carbons (Fsp3) is 0.364. The molecule has 0 aliphatic carbocycles.